The van der Waals surface area contributed by atoms with Crippen LogP contribution >= 0.6 is 27.3 Å². The fourth-order valence-electron chi connectivity index (χ4n) is 3.16. The largest absolute Gasteiger partial charge is 0.299 e. The minimum absolute atomic E-state index is 1.19. The molecule has 0 aliphatic carbocycles. The van der Waals surface area contributed by atoms with Crippen LogP contribution in [0.5, 0.6) is 0 Å². The average Bonchev–Trinajstić information content (AvgIpc) is 3.04. The summed E-state index contributed by atoms with van der Waals surface area (Å²) in [5.41, 5.74) is 2.66. The summed E-state index contributed by atoms with van der Waals surface area (Å²) in [7, 11) is 0. The van der Waals surface area contributed by atoms with Crippen molar-refractivity contribution >= 4 is 64.7 Å². The summed E-state index contributed by atoms with van der Waals surface area (Å²) in [4.78, 5) is 1.33. The molecule has 90 valence electrons. The second-order valence-electron chi connectivity index (χ2n) is 4.82. The van der Waals surface area contributed by atoms with Crippen LogP contribution < -0.4 is 0 Å². The number of para-hydroxylation sites is 2. The maximum Gasteiger partial charge on any atom is 0.109 e. The maximum absolute atomic E-state index is 3.62. The zero-order valence-corrected chi connectivity index (χ0v) is 12.3. The van der Waals surface area contributed by atoms with Gasteiger partial charge in [0.05, 0.1) is 14.8 Å². The fraction of sp³-hybridized carbons (Fsp3) is 0. The molecule has 3 heterocycles. The predicted octanol–water partition coefficient (Wildman–Crippen LogP) is 5.66. The van der Waals surface area contributed by atoms with Crippen LogP contribution in [0.25, 0.3) is 37.4 Å². The Hall–Kier alpha value is -1.58. The number of thiophene rings is 1. The van der Waals surface area contributed by atoms with Crippen LogP contribution in [-0.4, -0.2) is 4.40 Å². The topological polar surface area (TPSA) is 4.41 Å². The number of hydrogen-bond acceptors (Lipinski definition) is 1. The van der Waals surface area contributed by atoms with E-state index < -0.39 is 0 Å². The molecule has 0 fully saturated rings. The third-order valence-corrected chi connectivity index (χ3v) is 5.49. The lowest BCUT2D eigenvalue weighted by atomic mass is 10.1. The Morgan fingerprint density at radius 3 is 2.47 bits per heavy atom. The van der Waals surface area contributed by atoms with Gasteiger partial charge in [0, 0.05) is 21.5 Å². The number of halogens is 1. The highest BCUT2D eigenvalue weighted by Crippen LogP contribution is 2.42. The van der Waals surface area contributed by atoms with Gasteiger partial charge in [0.2, 0.25) is 0 Å². The summed E-state index contributed by atoms with van der Waals surface area (Å²) in [6.07, 6.45) is 0. The van der Waals surface area contributed by atoms with E-state index >= 15 is 0 Å². The van der Waals surface area contributed by atoms with Crippen LogP contribution in [-0.2, 0) is 0 Å². The predicted molar refractivity (Wildman–Crippen MR) is 86.7 cm³/mol. The van der Waals surface area contributed by atoms with Gasteiger partial charge in [0.15, 0.2) is 0 Å². The van der Waals surface area contributed by atoms with Gasteiger partial charge in [-0.1, -0.05) is 36.4 Å². The van der Waals surface area contributed by atoms with E-state index in [1.165, 1.54) is 41.2 Å². The first kappa shape index (κ1) is 10.2. The van der Waals surface area contributed by atoms with E-state index in [0.717, 1.165) is 0 Å². The van der Waals surface area contributed by atoms with Gasteiger partial charge >= 0.3 is 0 Å². The zero-order chi connectivity index (χ0) is 12.6. The van der Waals surface area contributed by atoms with Crippen LogP contribution in [0.15, 0.2) is 52.3 Å². The highest BCUT2D eigenvalue weighted by molar-refractivity contribution is 9.11. The molecule has 2 aromatic carbocycles. The van der Waals surface area contributed by atoms with Gasteiger partial charge in [-0.05, 0) is 28.1 Å². The molecule has 0 spiro atoms. The van der Waals surface area contributed by atoms with Crippen molar-refractivity contribution in [1.29, 1.82) is 0 Å². The van der Waals surface area contributed by atoms with Crippen molar-refractivity contribution in [3.8, 4) is 0 Å². The number of nitrogens with zero attached hydrogens (tertiary/aromatic N) is 1. The summed E-state index contributed by atoms with van der Waals surface area (Å²) in [6.45, 7) is 0. The van der Waals surface area contributed by atoms with E-state index in [2.05, 4.69) is 68.9 Å². The fourth-order valence-corrected chi connectivity index (χ4v) is 4.77. The Labute approximate surface area is 121 Å². The molecule has 5 aromatic rings. The Bertz CT molecular complexity index is 1070. The van der Waals surface area contributed by atoms with Crippen molar-refractivity contribution in [1.82, 2.24) is 4.40 Å². The quantitative estimate of drug-likeness (QED) is 0.346. The molecule has 0 unspecified atom stereocenters. The first-order valence-corrected chi connectivity index (χ1v) is 7.78. The van der Waals surface area contributed by atoms with E-state index in [0.29, 0.717) is 0 Å². The maximum atomic E-state index is 3.62. The number of hydrogen-bond donors (Lipinski definition) is 0. The summed E-state index contributed by atoms with van der Waals surface area (Å²) in [5, 5.41) is 5.40. The Morgan fingerprint density at radius 2 is 1.58 bits per heavy atom. The lowest BCUT2D eigenvalue weighted by Crippen LogP contribution is -1.75. The average molecular weight is 326 g/mol. The molecule has 0 N–H and O–H groups in total. The van der Waals surface area contributed by atoms with E-state index in [4.69, 9.17) is 0 Å². The monoisotopic (exact) mass is 325 g/mol. The number of benzene rings is 2. The Morgan fingerprint density at radius 1 is 0.842 bits per heavy atom. The zero-order valence-electron chi connectivity index (χ0n) is 9.85. The van der Waals surface area contributed by atoms with Crippen LogP contribution in [0.4, 0.5) is 0 Å². The lowest BCUT2D eigenvalue weighted by Gasteiger charge is -1.92. The van der Waals surface area contributed by atoms with E-state index in [9.17, 15) is 0 Å². The van der Waals surface area contributed by atoms with Gasteiger partial charge in [0.1, 0.15) is 4.83 Å². The van der Waals surface area contributed by atoms with Crippen molar-refractivity contribution in [3.05, 3.63) is 52.3 Å². The molecular weight excluding hydrogens is 318 g/mol. The van der Waals surface area contributed by atoms with Crippen LogP contribution in [0.3, 0.4) is 0 Å². The van der Waals surface area contributed by atoms with Gasteiger partial charge in [-0.3, -0.25) is 4.40 Å². The molecule has 0 aliphatic rings. The van der Waals surface area contributed by atoms with E-state index in [1.807, 2.05) is 0 Å². The van der Waals surface area contributed by atoms with E-state index in [1.54, 1.807) is 11.3 Å². The van der Waals surface area contributed by atoms with Gasteiger partial charge < -0.3 is 0 Å². The third-order valence-electron chi connectivity index (χ3n) is 3.87. The second kappa shape index (κ2) is 3.30. The molecule has 0 saturated carbocycles. The number of rotatable bonds is 0. The van der Waals surface area contributed by atoms with Gasteiger partial charge in [-0.25, -0.2) is 0 Å². The number of aromatic nitrogens is 1. The lowest BCUT2D eigenvalue weighted by molar-refractivity contribution is 1.40. The molecular formula is C16H8BrNS. The third kappa shape index (κ3) is 1.11. The Balaban J connectivity index is 2.30. The highest BCUT2D eigenvalue weighted by Gasteiger charge is 2.17. The highest BCUT2D eigenvalue weighted by atomic mass is 79.9. The van der Waals surface area contributed by atoms with Crippen LogP contribution in [0.1, 0.15) is 0 Å². The molecule has 0 aliphatic heterocycles. The van der Waals surface area contributed by atoms with E-state index in [-0.39, 0.29) is 0 Å². The molecule has 3 heteroatoms. The molecule has 0 radical (unpaired) electrons. The van der Waals surface area contributed by atoms with Crippen molar-refractivity contribution in [2.45, 2.75) is 0 Å². The molecule has 0 amide bonds. The summed E-state index contributed by atoms with van der Waals surface area (Å²) >= 11 is 5.42. The molecule has 0 saturated heterocycles. The van der Waals surface area contributed by atoms with Gasteiger partial charge in [-0.15, -0.1) is 11.3 Å². The van der Waals surface area contributed by atoms with Crippen LogP contribution in [0.2, 0.25) is 0 Å². The first-order chi connectivity index (χ1) is 9.34. The van der Waals surface area contributed by atoms with Gasteiger partial charge in [-0.2, -0.15) is 0 Å². The number of fused-ring (bicyclic) bond motifs is 6. The Kier molecular flexibility index (Phi) is 1.78. The van der Waals surface area contributed by atoms with Crippen molar-refractivity contribution in [2.75, 3.05) is 0 Å². The second-order valence-corrected chi connectivity index (χ2v) is 7.23. The van der Waals surface area contributed by atoms with Gasteiger partial charge in [0.25, 0.3) is 0 Å². The summed E-state index contributed by atoms with van der Waals surface area (Å²) < 4.78 is 3.60. The smallest absolute Gasteiger partial charge is 0.109 e. The minimum atomic E-state index is 1.19. The molecule has 0 atom stereocenters. The molecule has 19 heavy (non-hydrogen) atoms. The SMILES string of the molecule is Brc1cc2c3cccc4c5ccccc5n(c2s1)c43. The van der Waals surface area contributed by atoms with Crippen LogP contribution in [0, 0.1) is 0 Å². The van der Waals surface area contributed by atoms with Crippen molar-refractivity contribution in [3.63, 3.8) is 0 Å². The van der Waals surface area contributed by atoms with Crippen molar-refractivity contribution < 1.29 is 0 Å². The molecule has 1 nitrogen and oxygen atoms in total. The first-order valence-electron chi connectivity index (χ1n) is 6.17. The summed E-state index contributed by atoms with van der Waals surface area (Å²) in [5.74, 6) is 0. The van der Waals surface area contributed by atoms with Crippen molar-refractivity contribution in [2.24, 2.45) is 0 Å². The normalized spacial score (nSPS) is 12.5. The molecule has 0 bridgehead atoms. The summed E-state index contributed by atoms with van der Waals surface area (Å²) in [6, 6.07) is 17.5. The minimum Gasteiger partial charge on any atom is -0.299 e. The standard InChI is InChI=1S/C16H8BrNS/c17-14-8-12-11-6-3-5-10-9-4-1-2-7-13(9)18(15(10)11)16(12)19-14/h1-8H. The molecule has 3 aromatic heterocycles. The molecule has 5 rings (SSSR count).